The molecule has 6 aromatic carbocycles. The van der Waals surface area contributed by atoms with Gasteiger partial charge in [0.15, 0.2) is 24.8 Å². The van der Waals surface area contributed by atoms with Gasteiger partial charge in [-0.05, 0) is 206 Å². The van der Waals surface area contributed by atoms with E-state index in [9.17, 15) is 4.39 Å². The fourth-order valence-corrected chi connectivity index (χ4v) is 16.7. The minimum absolute atomic E-state index is 0.228. The Labute approximate surface area is 582 Å². The minimum atomic E-state index is -0.228. The first-order valence-electron chi connectivity index (χ1n) is 32.9. The molecular weight excluding hydrogens is 1260 g/mol. The monoisotopic (exact) mass is 1340 g/mol. The number of halogens is 1. The Balaban J connectivity index is 0.000000132. The quantitative estimate of drug-likeness (QED) is 0.142. The Morgan fingerprint density at radius 2 is 0.760 bits per heavy atom. The minimum Gasteiger partial charge on any atom is -0.238 e. The first kappa shape index (κ1) is 68.8. The van der Waals surface area contributed by atoms with E-state index >= 15 is 0 Å². The number of rotatable bonds is 8. The predicted molar refractivity (Wildman–Crippen MR) is 406 cm³/mol. The molecule has 8 nitrogen and oxygen atoms in total. The number of hydrogen-bond acceptors (Lipinski definition) is 8. The van der Waals surface area contributed by atoms with Crippen LogP contribution in [0.15, 0.2) is 146 Å². The second-order valence-corrected chi connectivity index (χ2v) is 31.0. The van der Waals surface area contributed by atoms with E-state index in [0.717, 1.165) is 53.0 Å². The molecule has 0 radical (unpaired) electrons. The summed E-state index contributed by atoms with van der Waals surface area (Å²) in [7, 11) is 8.40. The Morgan fingerprint density at radius 1 is 0.375 bits per heavy atom. The standard InChI is InChI=1S/C28H33N2S.C22H20FN2S.C17H19N2S.C16H17N2S/c1-16(2)21-10-9-11-22(17(3)4)27(21)28-29-24-14-25(30(8)15-26(24)31-28)23-13-18(5)12-19(6)20(23)7;1-13-9-14(2)15(3)18(10-13)20-11-19-21(12-25(20)4)26-22(24-19)16-5-7-17(23)8-6-16;1-10-6-11(2)12(3)14(7-10)16-8-17-15(9-19(16)5)18-13(4)20-17;1-10-5-11(2)12(3)13(6-10)15-7-16-14(8-18(15)4)17-9-19-16/h9-17H,1-8H3;5-12H,1-4H3;6-9H,1-5H3;5-9H,1-4H3/q4*+1. The van der Waals surface area contributed by atoms with Crippen LogP contribution >= 0.6 is 45.3 Å². The molecule has 14 aromatic rings. The summed E-state index contributed by atoms with van der Waals surface area (Å²) in [6, 6.07) is 40.2. The van der Waals surface area contributed by atoms with E-state index in [0.29, 0.717) is 11.8 Å². The summed E-state index contributed by atoms with van der Waals surface area (Å²) in [6.45, 7) is 37.3. The van der Waals surface area contributed by atoms with Crippen LogP contribution < -0.4 is 18.3 Å². The Morgan fingerprint density at radius 3 is 1.20 bits per heavy atom. The second kappa shape index (κ2) is 28.2. The summed E-state index contributed by atoms with van der Waals surface area (Å²) in [6.07, 6.45) is 8.62. The zero-order valence-electron chi connectivity index (χ0n) is 59.6. The van der Waals surface area contributed by atoms with Crippen LogP contribution in [0.2, 0.25) is 0 Å². The van der Waals surface area contributed by atoms with Gasteiger partial charge in [0.25, 0.3) is 0 Å². The molecule has 0 unspecified atom stereocenters. The van der Waals surface area contributed by atoms with E-state index in [2.05, 4.69) is 290 Å². The van der Waals surface area contributed by atoms with Crippen LogP contribution in [0.4, 0.5) is 4.39 Å². The molecule has 96 heavy (non-hydrogen) atoms. The predicted octanol–water partition coefficient (Wildman–Crippen LogP) is 20.9. The average Bonchev–Trinajstić information content (AvgIpc) is 1.58. The van der Waals surface area contributed by atoms with E-state index in [1.165, 1.54) is 149 Å². The lowest BCUT2D eigenvalue weighted by molar-refractivity contribution is -0.659. The molecule has 0 fully saturated rings. The number of thiazole rings is 4. The molecule has 0 aliphatic rings. The second-order valence-electron chi connectivity index (χ2n) is 26.8. The number of nitrogens with zero attached hydrogens (tertiary/aromatic N) is 8. The van der Waals surface area contributed by atoms with Gasteiger partial charge in [0.1, 0.15) is 64.5 Å². The van der Waals surface area contributed by atoms with Crippen LogP contribution in [0.5, 0.6) is 0 Å². The molecule has 0 spiro atoms. The molecule has 13 heteroatoms. The van der Waals surface area contributed by atoms with Crippen LogP contribution in [-0.4, -0.2) is 19.9 Å². The van der Waals surface area contributed by atoms with Crippen LogP contribution in [0, 0.1) is 95.8 Å². The fourth-order valence-electron chi connectivity index (χ4n) is 13.0. The van der Waals surface area contributed by atoms with Crippen molar-refractivity contribution < 1.29 is 22.7 Å². The van der Waals surface area contributed by atoms with Gasteiger partial charge in [0, 0.05) is 57.6 Å². The fraction of sp³-hybridized carbons (Fsp3) is 0.277. The molecule has 0 bridgehead atoms. The number of fused-ring (bicyclic) bond motifs is 4. The van der Waals surface area contributed by atoms with E-state index < -0.39 is 0 Å². The smallest absolute Gasteiger partial charge is 0.214 e. The molecule has 0 aliphatic heterocycles. The van der Waals surface area contributed by atoms with Gasteiger partial charge in [-0.25, -0.2) is 24.3 Å². The van der Waals surface area contributed by atoms with Crippen molar-refractivity contribution in [2.24, 2.45) is 28.2 Å². The highest BCUT2D eigenvalue weighted by Crippen LogP contribution is 2.41. The maximum Gasteiger partial charge on any atom is 0.214 e. The number of hydrogen-bond donors (Lipinski definition) is 0. The zero-order chi connectivity index (χ0) is 68.9. The van der Waals surface area contributed by atoms with Crippen molar-refractivity contribution in [1.82, 2.24) is 19.9 Å². The molecule has 488 valence electrons. The normalized spacial score (nSPS) is 11.4. The topological polar surface area (TPSA) is 67.1 Å². The van der Waals surface area contributed by atoms with Gasteiger partial charge in [0.2, 0.25) is 22.8 Å². The number of benzene rings is 6. The summed E-state index contributed by atoms with van der Waals surface area (Å²) >= 11 is 6.89. The number of aryl methyl sites for hydroxylation is 13. The highest BCUT2D eigenvalue weighted by molar-refractivity contribution is 7.22. The highest BCUT2D eigenvalue weighted by atomic mass is 32.1. The molecule has 0 saturated heterocycles. The maximum absolute atomic E-state index is 13.2. The average molecular weight is 1350 g/mol. The van der Waals surface area contributed by atoms with E-state index in [-0.39, 0.29) is 5.82 Å². The molecule has 8 heterocycles. The summed E-state index contributed by atoms with van der Waals surface area (Å²) in [5.74, 6) is 0.699. The summed E-state index contributed by atoms with van der Waals surface area (Å²) in [5, 5.41) is 3.17. The van der Waals surface area contributed by atoms with Gasteiger partial charge in [-0.15, -0.1) is 45.3 Å². The Hall–Kier alpha value is -8.59. The van der Waals surface area contributed by atoms with Crippen molar-refractivity contribution in [3.63, 3.8) is 0 Å². The maximum atomic E-state index is 13.2. The van der Waals surface area contributed by atoms with Gasteiger partial charge in [0.05, 0.1) is 31.0 Å². The van der Waals surface area contributed by atoms with E-state index in [1.54, 1.807) is 46.1 Å². The summed E-state index contributed by atoms with van der Waals surface area (Å²) < 4.78 is 26.8. The van der Waals surface area contributed by atoms with Crippen LogP contribution in [0.3, 0.4) is 0 Å². The van der Waals surface area contributed by atoms with Crippen molar-refractivity contribution in [3.05, 3.63) is 234 Å². The highest BCUT2D eigenvalue weighted by Gasteiger charge is 2.25. The number of aromatic nitrogens is 8. The van der Waals surface area contributed by atoms with Crippen LogP contribution in [-0.2, 0) is 28.2 Å². The third kappa shape index (κ3) is 14.4. The molecule has 8 aromatic heterocycles. The number of pyridine rings is 4. The van der Waals surface area contributed by atoms with Gasteiger partial charge in [-0.2, -0.15) is 18.3 Å². The van der Waals surface area contributed by atoms with Gasteiger partial charge in [-0.3, -0.25) is 0 Å². The molecule has 0 amide bonds. The van der Waals surface area contributed by atoms with Gasteiger partial charge < -0.3 is 0 Å². The van der Waals surface area contributed by atoms with Crippen LogP contribution in [0.1, 0.15) is 122 Å². The van der Waals surface area contributed by atoms with Crippen molar-refractivity contribution in [2.45, 2.75) is 130 Å². The summed E-state index contributed by atoms with van der Waals surface area (Å²) in [5.41, 5.74) is 37.0. The van der Waals surface area contributed by atoms with Crippen molar-refractivity contribution >= 4 is 86.2 Å². The lowest BCUT2D eigenvalue weighted by atomic mass is 9.89. The first-order valence-corrected chi connectivity index (χ1v) is 36.3. The SMILES string of the molecule is Cc1cc(C)c(C)c(-c2cc3nc(-c4c(C(C)C)cccc4C(C)C)sc3c[n+]2C)c1.Cc1cc(C)c(C)c(-c2cc3nc(-c4ccc(F)cc4)sc3c[n+]2C)c1.Cc1cc(C)c(C)c(-c2cc3sc(C)nc3c[n+]2C)c1.Cc1cc(C)c(C)c(-c2cc3scnc3c[n+]2C)c1. The van der Waals surface area contributed by atoms with E-state index in [4.69, 9.17) is 9.97 Å². The molecule has 0 aliphatic carbocycles. The lowest BCUT2D eigenvalue weighted by Gasteiger charge is -2.17. The van der Waals surface area contributed by atoms with Crippen LogP contribution in [0.25, 0.3) is 107 Å². The molecule has 0 saturated carbocycles. The third-order valence-electron chi connectivity index (χ3n) is 18.7. The van der Waals surface area contributed by atoms with Gasteiger partial charge in [-0.1, -0.05) is 92.4 Å². The summed E-state index contributed by atoms with van der Waals surface area (Å²) in [4.78, 5) is 18.9. The lowest BCUT2D eigenvalue weighted by Crippen LogP contribution is -2.30. The van der Waals surface area contributed by atoms with Crippen molar-refractivity contribution in [1.29, 1.82) is 0 Å². The molecule has 0 N–H and O–H groups in total. The first-order chi connectivity index (χ1) is 45.6. The van der Waals surface area contributed by atoms with E-state index in [1.807, 2.05) is 16.8 Å². The van der Waals surface area contributed by atoms with Crippen molar-refractivity contribution in [2.75, 3.05) is 0 Å². The largest absolute Gasteiger partial charge is 0.238 e. The molecular formula is C83H89FN8S4+4. The van der Waals surface area contributed by atoms with Gasteiger partial charge >= 0.3 is 0 Å². The third-order valence-corrected chi connectivity index (χ3v) is 22.5. The Bertz CT molecular complexity index is 5270. The van der Waals surface area contributed by atoms with Crippen molar-refractivity contribution in [3.8, 4) is 66.2 Å². The Kier molecular flexibility index (Phi) is 20.2. The molecule has 14 rings (SSSR count). The zero-order valence-corrected chi connectivity index (χ0v) is 62.9. The molecule has 0 atom stereocenters.